The van der Waals surface area contributed by atoms with Crippen LogP contribution in [0.1, 0.15) is 34.1 Å². The van der Waals surface area contributed by atoms with Gasteiger partial charge in [-0.1, -0.05) is 41.9 Å². The van der Waals surface area contributed by atoms with Crippen molar-refractivity contribution in [3.05, 3.63) is 88.8 Å². The molecule has 1 aliphatic rings. The SMILES string of the molecule is COCCN(CC(=O)N1N=C(c2ccccc2Cl)C[C@@H]1c1ccc(OC)cc1)C(=O)c1ccco1. The summed E-state index contributed by atoms with van der Waals surface area (Å²) in [6.45, 7) is 0.314. The minimum absolute atomic E-state index is 0.155. The van der Waals surface area contributed by atoms with Crippen LogP contribution in [0.4, 0.5) is 0 Å². The zero-order valence-corrected chi connectivity index (χ0v) is 20.3. The minimum atomic E-state index is -0.393. The topological polar surface area (TPSA) is 84.6 Å². The maximum atomic E-state index is 13.6. The summed E-state index contributed by atoms with van der Waals surface area (Å²) in [6.07, 6.45) is 1.90. The first kappa shape index (κ1) is 24.5. The van der Waals surface area contributed by atoms with Crippen molar-refractivity contribution in [2.24, 2.45) is 5.10 Å². The largest absolute Gasteiger partial charge is 0.497 e. The molecule has 1 aliphatic heterocycles. The predicted octanol–water partition coefficient (Wildman–Crippen LogP) is 4.41. The van der Waals surface area contributed by atoms with Crippen LogP contribution in [0.25, 0.3) is 0 Å². The number of benzene rings is 2. The van der Waals surface area contributed by atoms with Crippen molar-refractivity contribution in [1.29, 1.82) is 0 Å². The molecule has 4 rings (SSSR count). The van der Waals surface area contributed by atoms with Crippen LogP contribution in [0.15, 0.2) is 76.4 Å². The highest BCUT2D eigenvalue weighted by atomic mass is 35.5. The lowest BCUT2D eigenvalue weighted by Gasteiger charge is -2.26. The standard InChI is InChI=1S/C26H26ClN3O5/c1-33-15-13-29(26(32)24-8-5-14-35-24)17-25(31)30-23(18-9-11-19(34-2)12-10-18)16-22(28-30)20-6-3-4-7-21(20)27/h3-12,14,23H,13,15-17H2,1-2H3/t23-/m1/s1. The van der Waals surface area contributed by atoms with E-state index in [0.29, 0.717) is 22.9 Å². The predicted molar refractivity (Wildman–Crippen MR) is 132 cm³/mol. The van der Waals surface area contributed by atoms with Gasteiger partial charge in [0.2, 0.25) is 0 Å². The molecule has 1 aromatic heterocycles. The van der Waals surface area contributed by atoms with Gasteiger partial charge in [-0.2, -0.15) is 5.10 Å². The normalized spacial score (nSPS) is 15.1. The summed E-state index contributed by atoms with van der Waals surface area (Å²) in [6, 6.07) is 17.7. The fourth-order valence-corrected chi connectivity index (χ4v) is 4.17. The Balaban J connectivity index is 1.63. The number of carbonyl (C=O) groups is 2. The Kier molecular flexibility index (Phi) is 7.84. The maximum absolute atomic E-state index is 13.6. The molecule has 0 N–H and O–H groups in total. The second kappa shape index (κ2) is 11.2. The van der Waals surface area contributed by atoms with E-state index in [-0.39, 0.29) is 37.4 Å². The zero-order valence-electron chi connectivity index (χ0n) is 19.5. The third-order valence-corrected chi connectivity index (χ3v) is 6.09. The molecule has 0 spiro atoms. The molecular formula is C26H26ClN3O5. The molecule has 0 saturated heterocycles. The van der Waals surface area contributed by atoms with E-state index >= 15 is 0 Å². The number of halogens is 1. The number of ether oxygens (including phenoxy) is 2. The zero-order chi connectivity index (χ0) is 24.8. The lowest BCUT2D eigenvalue weighted by atomic mass is 9.98. The van der Waals surface area contributed by atoms with Crippen LogP contribution < -0.4 is 4.74 Å². The van der Waals surface area contributed by atoms with E-state index in [4.69, 9.17) is 25.5 Å². The molecule has 2 heterocycles. The first-order chi connectivity index (χ1) is 17.0. The Bertz CT molecular complexity index is 1190. The lowest BCUT2D eigenvalue weighted by Crippen LogP contribution is -2.42. The smallest absolute Gasteiger partial charge is 0.290 e. The highest BCUT2D eigenvalue weighted by Crippen LogP contribution is 2.35. The Morgan fingerprint density at radius 2 is 1.89 bits per heavy atom. The van der Waals surface area contributed by atoms with Gasteiger partial charge in [0, 0.05) is 30.7 Å². The van der Waals surface area contributed by atoms with Gasteiger partial charge in [0.05, 0.1) is 31.7 Å². The van der Waals surface area contributed by atoms with Crippen LogP contribution in [-0.4, -0.2) is 61.4 Å². The molecule has 0 bridgehead atoms. The number of hydrazone groups is 1. The van der Waals surface area contributed by atoms with Crippen molar-refractivity contribution in [1.82, 2.24) is 9.91 Å². The number of furan rings is 1. The number of nitrogens with zero attached hydrogens (tertiary/aromatic N) is 3. The Morgan fingerprint density at radius 3 is 2.54 bits per heavy atom. The summed E-state index contributed by atoms with van der Waals surface area (Å²) in [5.41, 5.74) is 2.36. The van der Waals surface area contributed by atoms with Crippen molar-refractivity contribution in [2.45, 2.75) is 12.5 Å². The Morgan fingerprint density at radius 1 is 1.11 bits per heavy atom. The lowest BCUT2D eigenvalue weighted by molar-refractivity contribution is -0.133. The summed E-state index contributed by atoms with van der Waals surface area (Å²) in [5.74, 6) is 0.147. The summed E-state index contributed by atoms with van der Waals surface area (Å²) >= 11 is 6.43. The number of methoxy groups -OCH3 is 2. The summed E-state index contributed by atoms with van der Waals surface area (Å²) in [4.78, 5) is 27.9. The molecule has 2 amide bonds. The van der Waals surface area contributed by atoms with Gasteiger partial charge < -0.3 is 18.8 Å². The first-order valence-corrected chi connectivity index (χ1v) is 11.5. The average Bonchev–Trinajstić information content (AvgIpc) is 3.57. The van der Waals surface area contributed by atoms with Gasteiger partial charge in [-0.05, 0) is 35.9 Å². The Hall–Kier alpha value is -3.62. The van der Waals surface area contributed by atoms with Crippen LogP contribution in [0.5, 0.6) is 5.75 Å². The van der Waals surface area contributed by atoms with E-state index < -0.39 is 5.91 Å². The molecule has 9 heteroatoms. The molecule has 0 unspecified atom stereocenters. The fraction of sp³-hybridized carbons (Fsp3) is 0.269. The molecule has 8 nitrogen and oxygen atoms in total. The summed E-state index contributed by atoms with van der Waals surface area (Å²) in [5, 5.41) is 6.67. The molecule has 35 heavy (non-hydrogen) atoms. The van der Waals surface area contributed by atoms with E-state index in [1.807, 2.05) is 42.5 Å². The second-order valence-electron chi connectivity index (χ2n) is 7.95. The van der Waals surface area contributed by atoms with Crippen molar-refractivity contribution in [3.8, 4) is 5.75 Å². The van der Waals surface area contributed by atoms with Crippen molar-refractivity contribution >= 4 is 29.1 Å². The van der Waals surface area contributed by atoms with E-state index in [9.17, 15) is 9.59 Å². The van der Waals surface area contributed by atoms with Crippen LogP contribution >= 0.6 is 11.6 Å². The Labute approximate surface area is 208 Å². The summed E-state index contributed by atoms with van der Waals surface area (Å²) < 4.78 is 15.7. The molecule has 1 atom stereocenters. The molecule has 0 aliphatic carbocycles. The number of carbonyl (C=O) groups excluding carboxylic acids is 2. The van der Waals surface area contributed by atoms with Crippen LogP contribution in [0.3, 0.4) is 0 Å². The van der Waals surface area contributed by atoms with Crippen LogP contribution in [-0.2, 0) is 9.53 Å². The van der Waals surface area contributed by atoms with Gasteiger partial charge in [-0.15, -0.1) is 0 Å². The number of rotatable bonds is 9. The number of hydrogen-bond acceptors (Lipinski definition) is 6. The summed E-state index contributed by atoms with van der Waals surface area (Å²) in [7, 11) is 3.14. The minimum Gasteiger partial charge on any atom is -0.497 e. The van der Waals surface area contributed by atoms with Gasteiger partial charge in [-0.25, -0.2) is 5.01 Å². The van der Waals surface area contributed by atoms with Crippen molar-refractivity contribution in [2.75, 3.05) is 33.9 Å². The number of amides is 2. The van der Waals surface area contributed by atoms with Gasteiger partial charge in [0.1, 0.15) is 12.3 Å². The highest BCUT2D eigenvalue weighted by Gasteiger charge is 2.35. The molecule has 2 aromatic carbocycles. The molecule has 0 fully saturated rings. The molecule has 0 radical (unpaired) electrons. The average molecular weight is 496 g/mol. The van der Waals surface area contributed by atoms with Gasteiger partial charge >= 0.3 is 0 Å². The monoisotopic (exact) mass is 495 g/mol. The van der Waals surface area contributed by atoms with E-state index in [0.717, 1.165) is 11.1 Å². The third kappa shape index (κ3) is 5.55. The highest BCUT2D eigenvalue weighted by molar-refractivity contribution is 6.34. The van der Waals surface area contributed by atoms with Crippen LogP contribution in [0, 0.1) is 0 Å². The fourth-order valence-electron chi connectivity index (χ4n) is 3.93. The molecule has 182 valence electrons. The molecular weight excluding hydrogens is 470 g/mol. The second-order valence-corrected chi connectivity index (χ2v) is 8.36. The van der Waals surface area contributed by atoms with E-state index in [1.165, 1.54) is 23.3 Å². The number of hydrogen-bond donors (Lipinski definition) is 0. The van der Waals surface area contributed by atoms with E-state index in [1.54, 1.807) is 25.3 Å². The van der Waals surface area contributed by atoms with E-state index in [2.05, 4.69) is 5.10 Å². The molecule has 3 aromatic rings. The van der Waals surface area contributed by atoms with Gasteiger partial charge in [-0.3, -0.25) is 9.59 Å². The van der Waals surface area contributed by atoms with Crippen molar-refractivity contribution < 1.29 is 23.5 Å². The van der Waals surface area contributed by atoms with Crippen molar-refractivity contribution in [3.63, 3.8) is 0 Å². The third-order valence-electron chi connectivity index (χ3n) is 5.76. The van der Waals surface area contributed by atoms with Gasteiger partial charge in [0.15, 0.2) is 5.76 Å². The maximum Gasteiger partial charge on any atom is 0.290 e. The first-order valence-electron chi connectivity index (χ1n) is 11.1. The van der Waals surface area contributed by atoms with Gasteiger partial charge in [0.25, 0.3) is 11.8 Å². The molecule has 0 saturated carbocycles. The van der Waals surface area contributed by atoms with Crippen LogP contribution in [0.2, 0.25) is 5.02 Å². The quantitative estimate of drug-likeness (QED) is 0.439.